The van der Waals surface area contributed by atoms with Gasteiger partial charge in [-0.2, -0.15) is 0 Å². The molecule has 0 spiro atoms. The molecule has 0 aromatic carbocycles. The number of halogens is 1. The normalized spacial score (nSPS) is 11.8. The average molecular weight is 301 g/mol. The van der Waals surface area contributed by atoms with Crippen LogP contribution in [0.3, 0.4) is 0 Å². The molecule has 1 aromatic rings. The number of nitrogens with zero attached hydrogens (tertiary/aromatic N) is 1. The molecule has 2 N–H and O–H groups in total. The molecule has 0 unspecified atom stereocenters. The lowest BCUT2D eigenvalue weighted by Gasteiger charge is -2.00. The van der Waals surface area contributed by atoms with Crippen LogP contribution in [0.25, 0.3) is 0 Å². The van der Waals surface area contributed by atoms with Crippen molar-refractivity contribution in [3.8, 4) is 0 Å². The number of sulfonamides is 1. The predicted octanol–water partition coefficient (Wildman–Crippen LogP) is 0.123. The van der Waals surface area contributed by atoms with Gasteiger partial charge in [0.2, 0.25) is 0 Å². The maximum Gasteiger partial charge on any atom is 0.257 e. The van der Waals surface area contributed by atoms with Gasteiger partial charge in [-0.05, 0) is 0 Å². The Bertz CT molecular complexity index is 320. The minimum absolute atomic E-state index is 0.104. The fraction of sp³-hybridized carbons (Fsp3) is 0.400. The Kier molecular flexibility index (Phi) is 3.47. The fourth-order valence-corrected chi connectivity index (χ4v) is 2.21. The molecule has 0 radical (unpaired) electrons. The van der Waals surface area contributed by atoms with Crippen molar-refractivity contribution >= 4 is 32.6 Å². The SMILES string of the molecule is O=S(=O)(NCCI)c1cnc[nH]1. The number of imidazole rings is 1. The average Bonchev–Trinajstić information content (AvgIpc) is 2.53. The van der Waals surface area contributed by atoms with Crippen molar-refractivity contribution in [3.63, 3.8) is 0 Å². The first-order valence-corrected chi connectivity index (χ1v) is 6.21. The highest BCUT2D eigenvalue weighted by Gasteiger charge is 2.13. The highest BCUT2D eigenvalue weighted by molar-refractivity contribution is 14.1. The van der Waals surface area contributed by atoms with E-state index in [1.807, 2.05) is 0 Å². The van der Waals surface area contributed by atoms with Crippen molar-refractivity contribution in [3.05, 3.63) is 12.5 Å². The van der Waals surface area contributed by atoms with Crippen LogP contribution in [0.4, 0.5) is 0 Å². The summed E-state index contributed by atoms with van der Waals surface area (Å²) in [7, 11) is -3.35. The van der Waals surface area contributed by atoms with Crippen LogP contribution in [0.15, 0.2) is 17.6 Å². The lowest BCUT2D eigenvalue weighted by molar-refractivity contribution is 0.581. The van der Waals surface area contributed by atoms with Gasteiger partial charge in [0.05, 0.1) is 12.5 Å². The van der Waals surface area contributed by atoms with E-state index in [1.54, 1.807) is 0 Å². The summed E-state index contributed by atoms with van der Waals surface area (Å²) in [6, 6.07) is 0. The third kappa shape index (κ3) is 2.42. The number of nitrogens with one attached hydrogen (secondary N) is 2. The van der Waals surface area contributed by atoms with Gasteiger partial charge in [0.15, 0.2) is 5.03 Å². The Labute approximate surface area is 84.2 Å². The Morgan fingerprint density at radius 1 is 1.67 bits per heavy atom. The number of alkyl halides is 1. The van der Waals surface area contributed by atoms with Gasteiger partial charge in [-0.3, -0.25) is 0 Å². The molecule has 0 amide bonds. The first kappa shape index (κ1) is 9.93. The first-order valence-electron chi connectivity index (χ1n) is 3.21. The molecule has 0 bridgehead atoms. The highest BCUT2D eigenvalue weighted by Crippen LogP contribution is 2.00. The van der Waals surface area contributed by atoms with E-state index >= 15 is 0 Å². The summed E-state index contributed by atoms with van der Waals surface area (Å²) >= 11 is 2.09. The number of H-pyrrole nitrogens is 1. The Morgan fingerprint density at radius 3 is 2.92 bits per heavy atom. The van der Waals surface area contributed by atoms with Crippen LogP contribution in [-0.4, -0.2) is 29.4 Å². The van der Waals surface area contributed by atoms with Gasteiger partial charge in [-0.1, -0.05) is 22.6 Å². The maximum atomic E-state index is 11.3. The van der Waals surface area contributed by atoms with Crippen molar-refractivity contribution in [2.75, 3.05) is 11.0 Å². The summed E-state index contributed by atoms with van der Waals surface area (Å²) in [6.07, 6.45) is 2.61. The summed E-state index contributed by atoms with van der Waals surface area (Å²) in [5.41, 5.74) is 0. The summed E-state index contributed by atoms with van der Waals surface area (Å²) in [6.45, 7) is 0.432. The molecule has 1 heterocycles. The van der Waals surface area contributed by atoms with Crippen LogP contribution in [0, 0.1) is 0 Å². The van der Waals surface area contributed by atoms with Crippen molar-refractivity contribution in [1.29, 1.82) is 0 Å². The molecular formula is C5H8IN3O2S. The minimum atomic E-state index is -3.35. The largest absolute Gasteiger partial charge is 0.335 e. The molecule has 1 rings (SSSR count). The zero-order chi connectivity index (χ0) is 9.03. The number of rotatable bonds is 4. The molecule has 1 aromatic heterocycles. The van der Waals surface area contributed by atoms with E-state index in [0.717, 1.165) is 4.43 Å². The second-order valence-electron chi connectivity index (χ2n) is 2.00. The van der Waals surface area contributed by atoms with E-state index in [1.165, 1.54) is 12.5 Å². The van der Waals surface area contributed by atoms with Gasteiger partial charge in [-0.25, -0.2) is 18.1 Å². The quantitative estimate of drug-likeness (QED) is 0.613. The molecule has 5 nitrogen and oxygen atoms in total. The Hall–Kier alpha value is -0.150. The van der Waals surface area contributed by atoms with Crippen molar-refractivity contribution in [2.24, 2.45) is 0 Å². The van der Waals surface area contributed by atoms with E-state index in [0.29, 0.717) is 6.54 Å². The topological polar surface area (TPSA) is 74.8 Å². The van der Waals surface area contributed by atoms with Gasteiger partial charge in [0.1, 0.15) is 0 Å². The zero-order valence-corrected chi connectivity index (χ0v) is 9.09. The van der Waals surface area contributed by atoms with Crippen LogP contribution in [0.5, 0.6) is 0 Å². The molecule has 0 saturated heterocycles. The van der Waals surface area contributed by atoms with Crippen molar-refractivity contribution in [1.82, 2.24) is 14.7 Å². The van der Waals surface area contributed by atoms with Crippen LogP contribution >= 0.6 is 22.6 Å². The van der Waals surface area contributed by atoms with Gasteiger partial charge in [-0.15, -0.1) is 0 Å². The van der Waals surface area contributed by atoms with Crippen molar-refractivity contribution < 1.29 is 8.42 Å². The Morgan fingerprint density at radius 2 is 2.42 bits per heavy atom. The Balaban J connectivity index is 2.74. The highest BCUT2D eigenvalue weighted by atomic mass is 127. The van der Waals surface area contributed by atoms with Crippen LogP contribution in [0.1, 0.15) is 0 Å². The summed E-state index contributed by atoms with van der Waals surface area (Å²) in [4.78, 5) is 6.14. The second kappa shape index (κ2) is 4.19. The van der Waals surface area contributed by atoms with Crippen LogP contribution < -0.4 is 4.72 Å². The first-order chi connectivity index (χ1) is 5.67. The van der Waals surface area contributed by atoms with E-state index in [-0.39, 0.29) is 5.03 Å². The number of hydrogen-bond acceptors (Lipinski definition) is 3. The molecule has 68 valence electrons. The maximum absolute atomic E-state index is 11.3. The van der Waals surface area contributed by atoms with Crippen molar-refractivity contribution in [2.45, 2.75) is 5.03 Å². The predicted molar refractivity (Wildman–Crippen MR) is 52.7 cm³/mol. The van der Waals surface area contributed by atoms with E-state index in [9.17, 15) is 8.42 Å². The molecule has 0 aliphatic carbocycles. The molecule has 0 aliphatic heterocycles. The standard InChI is InChI=1S/C5H8IN3O2S/c6-1-2-9-12(10,11)5-3-7-4-8-5/h3-4,9H,1-2H2,(H,7,8). The van der Waals surface area contributed by atoms with E-state index in [4.69, 9.17) is 0 Å². The molecule has 7 heteroatoms. The van der Waals surface area contributed by atoms with Gasteiger partial charge in [0, 0.05) is 11.0 Å². The van der Waals surface area contributed by atoms with E-state index in [2.05, 4.69) is 37.3 Å². The number of aromatic amines is 1. The van der Waals surface area contributed by atoms with Gasteiger partial charge >= 0.3 is 0 Å². The fourth-order valence-electron chi connectivity index (χ4n) is 0.641. The molecule has 12 heavy (non-hydrogen) atoms. The lowest BCUT2D eigenvalue weighted by atomic mass is 10.8. The molecule has 0 atom stereocenters. The number of hydrogen-bond donors (Lipinski definition) is 2. The molecule has 0 fully saturated rings. The molecule has 0 saturated carbocycles. The third-order valence-corrected chi connectivity index (χ3v) is 3.08. The number of aromatic nitrogens is 2. The van der Waals surface area contributed by atoms with Crippen LogP contribution in [0.2, 0.25) is 0 Å². The summed E-state index contributed by atoms with van der Waals surface area (Å²) in [5, 5.41) is 0.104. The summed E-state index contributed by atoms with van der Waals surface area (Å²) in [5.74, 6) is 0. The van der Waals surface area contributed by atoms with E-state index < -0.39 is 10.0 Å². The second-order valence-corrected chi connectivity index (χ2v) is 4.82. The van der Waals surface area contributed by atoms with Crippen LogP contribution in [-0.2, 0) is 10.0 Å². The summed E-state index contributed by atoms with van der Waals surface area (Å²) < 4.78 is 25.7. The zero-order valence-electron chi connectivity index (χ0n) is 6.12. The minimum Gasteiger partial charge on any atom is -0.335 e. The molecular weight excluding hydrogens is 293 g/mol. The smallest absolute Gasteiger partial charge is 0.257 e. The van der Waals surface area contributed by atoms with Gasteiger partial charge in [0.25, 0.3) is 10.0 Å². The van der Waals surface area contributed by atoms with Gasteiger partial charge < -0.3 is 4.98 Å². The molecule has 0 aliphatic rings. The third-order valence-electron chi connectivity index (χ3n) is 1.15. The monoisotopic (exact) mass is 301 g/mol. The lowest BCUT2D eigenvalue weighted by Crippen LogP contribution is -2.25.